The predicted octanol–water partition coefficient (Wildman–Crippen LogP) is 2.55. The van der Waals surface area contributed by atoms with Crippen LogP contribution < -0.4 is 10.6 Å². The van der Waals surface area contributed by atoms with Gasteiger partial charge in [0, 0.05) is 43.4 Å². The van der Waals surface area contributed by atoms with Gasteiger partial charge in [-0.05, 0) is 19.9 Å². The van der Waals surface area contributed by atoms with Crippen molar-refractivity contribution in [2.45, 2.75) is 26.4 Å². The van der Waals surface area contributed by atoms with Crippen molar-refractivity contribution in [1.82, 2.24) is 4.98 Å². The van der Waals surface area contributed by atoms with E-state index in [4.69, 9.17) is 10.5 Å². The molecule has 2 N–H and O–H groups in total. The summed E-state index contributed by atoms with van der Waals surface area (Å²) in [6.07, 6.45) is 1.89. The molecule has 0 aliphatic rings. The minimum Gasteiger partial charge on any atom is -0.383 e. The zero-order valence-corrected chi connectivity index (χ0v) is 12.5. The number of rotatable bonds is 6. The summed E-state index contributed by atoms with van der Waals surface area (Å²) in [5.74, 6) is 0. The molecule has 20 heavy (non-hydrogen) atoms. The molecule has 4 heteroatoms. The van der Waals surface area contributed by atoms with Crippen molar-refractivity contribution in [1.29, 1.82) is 0 Å². The number of pyridine rings is 1. The molecule has 0 fully saturated rings. The quantitative estimate of drug-likeness (QED) is 0.879. The molecule has 4 nitrogen and oxygen atoms in total. The van der Waals surface area contributed by atoms with Crippen LogP contribution in [-0.2, 0) is 11.3 Å². The molecule has 2 aromatic rings. The van der Waals surface area contributed by atoms with Crippen molar-refractivity contribution >= 4 is 16.6 Å². The first-order valence-electron chi connectivity index (χ1n) is 7.05. The van der Waals surface area contributed by atoms with E-state index in [1.54, 1.807) is 7.11 Å². The summed E-state index contributed by atoms with van der Waals surface area (Å²) in [6, 6.07) is 8.49. The Balaban J connectivity index is 2.59. The number of hydrogen-bond donors (Lipinski definition) is 1. The number of ether oxygens (including phenoxy) is 1. The second kappa shape index (κ2) is 6.68. The number of nitrogens with two attached hydrogens (primary N) is 1. The molecule has 0 aliphatic carbocycles. The summed E-state index contributed by atoms with van der Waals surface area (Å²) in [5, 5.41) is 1.15. The van der Waals surface area contributed by atoms with Crippen LogP contribution in [0.5, 0.6) is 0 Å². The zero-order chi connectivity index (χ0) is 14.5. The number of likely N-dealkylation sites (N-methyl/N-ethyl adjacent to an activating group) is 1. The number of para-hydroxylation sites is 1. The highest BCUT2D eigenvalue weighted by atomic mass is 16.5. The maximum absolute atomic E-state index is 5.91. The van der Waals surface area contributed by atoms with Crippen LogP contribution in [0.1, 0.15) is 19.4 Å². The summed E-state index contributed by atoms with van der Waals surface area (Å²) in [5.41, 5.74) is 9.18. The molecular weight excluding hydrogens is 250 g/mol. The summed E-state index contributed by atoms with van der Waals surface area (Å²) in [6.45, 7) is 6.41. The molecule has 0 saturated carbocycles. The number of fused-ring (bicyclic) bond motifs is 1. The van der Waals surface area contributed by atoms with E-state index in [1.807, 2.05) is 24.4 Å². The molecular formula is C16H23N3O. The normalized spacial score (nSPS) is 12.6. The first-order valence-corrected chi connectivity index (χ1v) is 7.05. The van der Waals surface area contributed by atoms with Crippen LogP contribution in [0.4, 0.5) is 5.69 Å². The average molecular weight is 273 g/mol. The highest BCUT2D eigenvalue weighted by Crippen LogP contribution is 2.30. The van der Waals surface area contributed by atoms with Gasteiger partial charge in [-0.15, -0.1) is 0 Å². The maximum Gasteiger partial charge on any atom is 0.0723 e. The Labute approximate surface area is 120 Å². The fourth-order valence-corrected chi connectivity index (χ4v) is 2.68. The van der Waals surface area contributed by atoms with Crippen LogP contribution in [0.2, 0.25) is 0 Å². The van der Waals surface area contributed by atoms with Crippen molar-refractivity contribution in [2.75, 3.05) is 25.2 Å². The van der Waals surface area contributed by atoms with Crippen LogP contribution in [0.15, 0.2) is 30.5 Å². The monoisotopic (exact) mass is 273 g/mol. The second-order valence-corrected chi connectivity index (χ2v) is 4.94. The number of hydrogen-bond acceptors (Lipinski definition) is 4. The van der Waals surface area contributed by atoms with Crippen molar-refractivity contribution in [2.24, 2.45) is 5.73 Å². The average Bonchev–Trinajstić information content (AvgIpc) is 2.48. The lowest BCUT2D eigenvalue weighted by Crippen LogP contribution is -2.37. The number of methoxy groups -OCH3 is 1. The van der Waals surface area contributed by atoms with Gasteiger partial charge in [-0.1, -0.05) is 18.2 Å². The zero-order valence-electron chi connectivity index (χ0n) is 12.5. The molecule has 0 amide bonds. The Morgan fingerprint density at radius 2 is 2.10 bits per heavy atom. The molecule has 1 aromatic heterocycles. The van der Waals surface area contributed by atoms with Crippen LogP contribution in [0.3, 0.4) is 0 Å². The van der Waals surface area contributed by atoms with Gasteiger partial charge in [0.05, 0.1) is 17.8 Å². The third-order valence-electron chi connectivity index (χ3n) is 3.61. The van der Waals surface area contributed by atoms with Gasteiger partial charge >= 0.3 is 0 Å². The highest BCUT2D eigenvalue weighted by molar-refractivity contribution is 5.93. The van der Waals surface area contributed by atoms with Crippen molar-refractivity contribution in [3.8, 4) is 0 Å². The number of aromatic nitrogens is 1. The Hall–Kier alpha value is -1.65. The third kappa shape index (κ3) is 2.76. The van der Waals surface area contributed by atoms with Gasteiger partial charge in [-0.25, -0.2) is 0 Å². The van der Waals surface area contributed by atoms with E-state index >= 15 is 0 Å². The minimum atomic E-state index is 0.293. The fraction of sp³-hybridized carbons (Fsp3) is 0.438. The SMILES string of the molecule is CCN(c1c(CN)cnc2ccccc12)C(C)COC. The van der Waals surface area contributed by atoms with E-state index < -0.39 is 0 Å². The van der Waals surface area contributed by atoms with E-state index in [2.05, 4.69) is 29.8 Å². The van der Waals surface area contributed by atoms with E-state index in [1.165, 1.54) is 5.69 Å². The third-order valence-corrected chi connectivity index (χ3v) is 3.61. The molecule has 0 bridgehead atoms. The number of nitrogens with zero attached hydrogens (tertiary/aromatic N) is 2. The molecule has 0 radical (unpaired) electrons. The van der Waals surface area contributed by atoms with E-state index in [9.17, 15) is 0 Å². The van der Waals surface area contributed by atoms with Crippen molar-refractivity contribution in [3.63, 3.8) is 0 Å². The number of benzene rings is 1. The van der Waals surface area contributed by atoms with Crippen LogP contribution in [0, 0.1) is 0 Å². The van der Waals surface area contributed by atoms with Crippen LogP contribution in [0.25, 0.3) is 10.9 Å². The Morgan fingerprint density at radius 1 is 1.35 bits per heavy atom. The van der Waals surface area contributed by atoms with Crippen molar-refractivity contribution in [3.05, 3.63) is 36.0 Å². The van der Waals surface area contributed by atoms with Crippen LogP contribution >= 0.6 is 0 Å². The van der Waals surface area contributed by atoms with Gasteiger partial charge in [0.25, 0.3) is 0 Å². The molecule has 0 saturated heterocycles. The molecule has 1 unspecified atom stereocenters. The summed E-state index contributed by atoms with van der Waals surface area (Å²) in [4.78, 5) is 6.84. The van der Waals surface area contributed by atoms with E-state index in [0.717, 1.165) is 23.0 Å². The van der Waals surface area contributed by atoms with Gasteiger partial charge in [-0.2, -0.15) is 0 Å². The Morgan fingerprint density at radius 3 is 2.75 bits per heavy atom. The van der Waals surface area contributed by atoms with E-state index in [0.29, 0.717) is 19.2 Å². The lowest BCUT2D eigenvalue weighted by Gasteiger charge is -2.32. The topological polar surface area (TPSA) is 51.4 Å². The molecule has 0 spiro atoms. The molecule has 1 heterocycles. The fourth-order valence-electron chi connectivity index (χ4n) is 2.68. The standard InChI is InChI=1S/C16H23N3O/c1-4-19(12(2)11-20-3)16-13(9-17)10-18-15-8-6-5-7-14(15)16/h5-8,10,12H,4,9,11,17H2,1-3H3. The number of anilines is 1. The van der Waals surface area contributed by atoms with Gasteiger partial charge in [0.15, 0.2) is 0 Å². The summed E-state index contributed by atoms with van der Waals surface area (Å²) >= 11 is 0. The summed E-state index contributed by atoms with van der Waals surface area (Å²) in [7, 11) is 1.73. The molecule has 1 atom stereocenters. The molecule has 108 valence electrons. The minimum absolute atomic E-state index is 0.293. The summed E-state index contributed by atoms with van der Waals surface area (Å²) < 4.78 is 5.30. The predicted molar refractivity (Wildman–Crippen MR) is 84.0 cm³/mol. The lowest BCUT2D eigenvalue weighted by atomic mass is 10.1. The smallest absolute Gasteiger partial charge is 0.0723 e. The largest absolute Gasteiger partial charge is 0.383 e. The Kier molecular flexibility index (Phi) is 4.93. The van der Waals surface area contributed by atoms with Gasteiger partial charge in [0.2, 0.25) is 0 Å². The lowest BCUT2D eigenvalue weighted by molar-refractivity contribution is 0.182. The first-order chi connectivity index (χ1) is 9.72. The van der Waals surface area contributed by atoms with E-state index in [-0.39, 0.29) is 0 Å². The van der Waals surface area contributed by atoms with Gasteiger partial charge in [-0.3, -0.25) is 4.98 Å². The maximum atomic E-state index is 5.91. The van der Waals surface area contributed by atoms with Crippen molar-refractivity contribution < 1.29 is 4.74 Å². The Bertz CT molecular complexity index is 571. The van der Waals surface area contributed by atoms with Gasteiger partial charge in [0.1, 0.15) is 0 Å². The van der Waals surface area contributed by atoms with Crippen LogP contribution in [-0.4, -0.2) is 31.3 Å². The molecule has 1 aromatic carbocycles. The first kappa shape index (κ1) is 14.8. The second-order valence-electron chi connectivity index (χ2n) is 4.94. The van der Waals surface area contributed by atoms with Gasteiger partial charge < -0.3 is 15.4 Å². The molecule has 0 aliphatic heterocycles. The highest BCUT2D eigenvalue weighted by Gasteiger charge is 2.18. The molecule has 2 rings (SSSR count).